The van der Waals surface area contributed by atoms with E-state index in [0.717, 1.165) is 75.0 Å². The van der Waals surface area contributed by atoms with Crippen molar-refractivity contribution in [3.8, 4) is 0 Å². The molecule has 1 saturated heterocycles. The third kappa shape index (κ3) is 16.6. The third-order valence-electron chi connectivity index (χ3n) is 17.9. The summed E-state index contributed by atoms with van der Waals surface area (Å²) < 4.78 is 19.2. The van der Waals surface area contributed by atoms with Crippen LogP contribution in [0.3, 0.4) is 0 Å². The maximum atomic E-state index is 6.62. The van der Waals surface area contributed by atoms with Gasteiger partial charge in [-0.15, -0.1) is 0 Å². The van der Waals surface area contributed by atoms with E-state index in [9.17, 15) is 0 Å². The number of hydrogen-bond donors (Lipinski definition) is 0. The first kappa shape index (κ1) is 52.3. The Morgan fingerprint density at radius 2 is 1.27 bits per heavy atom. The minimum absolute atomic E-state index is 0.425. The highest BCUT2D eigenvalue weighted by Crippen LogP contribution is 2.67. The number of ether oxygens (including phenoxy) is 3. The Hall–Kier alpha value is -0.680. The van der Waals surface area contributed by atoms with Crippen molar-refractivity contribution < 1.29 is 14.2 Å². The highest BCUT2D eigenvalue weighted by atomic mass is 16.5. The lowest BCUT2D eigenvalue weighted by molar-refractivity contribution is -0.0641. The van der Waals surface area contributed by atoms with E-state index < -0.39 is 0 Å². The van der Waals surface area contributed by atoms with E-state index in [0.29, 0.717) is 23.0 Å². The Kier molecular flexibility index (Phi) is 24.6. The molecule has 4 nitrogen and oxygen atoms in total. The van der Waals surface area contributed by atoms with Gasteiger partial charge in [-0.3, -0.25) is 4.90 Å². The Labute approximate surface area is 386 Å². The first-order valence-electron chi connectivity index (χ1n) is 28.1. The van der Waals surface area contributed by atoms with Crippen LogP contribution < -0.4 is 0 Å². The summed E-state index contributed by atoms with van der Waals surface area (Å²) in [4.78, 5) is 2.63. The maximum absolute atomic E-state index is 6.62. The molecular formula is C58H105NO3. The molecule has 1 heterocycles. The number of rotatable bonds is 34. The second-order valence-corrected chi connectivity index (χ2v) is 22.9. The van der Waals surface area contributed by atoms with Gasteiger partial charge in [0.25, 0.3) is 0 Å². The fourth-order valence-corrected chi connectivity index (χ4v) is 14.0. The van der Waals surface area contributed by atoms with E-state index in [1.54, 1.807) is 5.57 Å². The predicted octanol–water partition coefficient (Wildman–Crippen LogP) is 16.5. The zero-order valence-corrected chi connectivity index (χ0v) is 42.4. The van der Waals surface area contributed by atoms with Gasteiger partial charge in [0.15, 0.2) is 0 Å². The minimum Gasteiger partial charge on any atom is -0.380 e. The number of fused-ring (bicyclic) bond motifs is 5. The Balaban J connectivity index is 0.863. The molecule has 9 atom stereocenters. The molecule has 3 saturated carbocycles. The van der Waals surface area contributed by atoms with E-state index >= 15 is 0 Å². The zero-order valence-electron chi connectivity index (χ0n) is 42.4. The van der Waals surface area contributed by atoms with Crippen molar-refractivity contribution in [2.24, 2.45) is 46.3 Å². The fraction of sp³-hybridized carbons (Fsp3) is 0.931. The van der Waals surface area contributed by atoms with E-state index in [2.05, 4.69) is 64.7 Å². The monoisotopic (exact) mass is 864 g/mol. The number of hydrogen-bond acceptors (Lipinski definition) is 4. The van der Waals surface area contributed by atoms with Crippen molar-refractivity contribution in [3.05, 3.63) is 23.8 Å². The van der Waals surface area contributed by atoms with Crippen LogP contribution in [0.1, 0.15) is 241 Å². The number of nitrogens with zero attached hydrogens (tertiary/aromatic N) is 1. The van der Waals surface area contributed by atoms with Gasteiger partial charge < -0.3 is 14.2 Å². The molecule has 5 aliphatic rings. The summed E-state index contributed by atoms with van der Waals surface area (Å²) in [6.45, 7) is 21.9. The molecule has 360 valence electrons. The molecule has 0 aromatic rings. The molecule has 0 spiro atoms. The van der Waals surface area contributed by atoms with Gasteiger partial charge in [-0.2, -0.15) is 0 Å². The molecule has 0 bridgehead atoms. The molecule has 0 aromatic heterocycles. The molecule has 0 N–H and O–H groups in total. The summed E-state index contributed by atoms with van der Waals surface area (Å²) in [5.41, 5.74) is 2.79. The van der Waals surface area contributed by atoms with Gasteiger partial charge in [-0.25, -0.2) is 0 Å². The van der Waals surface area contributed by atoms with E-state index in [1.807, 2.05) is 0 Å². The molecule has 62 heavy (non-hydrogen) atoms. The lowest BCUT2D eigenvalue weighted by atomic mass is 9.47. The van der Waals surface area contributed by atoms with Gasteiger partial charge in [-0.1, -0.05) is 155 Å². The van der Waals surface area contributed by atoms with Crippen LogP contribution >= 0.6 is 0 Å². The average Bonchev–Trinajstić information content (AvgIpc) is 3.93. The normalized spacial score (nSPS) is 29.9. The quantitative estimate of drug-likeness (QED) is 0.0476. The summed E-state index contributed by atoms with van der Waals surface area (Å²) >= 11 is 0. The summed E-state index contributed by atoms with van der Waals surface area (Å²) in [5, 5.41) is 0. The Bertz CT molecular complexity index is 1220. The van der Waals surface area contributed by atoms with E-state index in [-0.39, 0.29) is 0 Å². The predicted molar refractivity (Wildman–Crippen MR) is 267 cm³/mol. The summed E-state index contributed by atoms with van der Waals surface area (Å²) in [5.74, 6) is 5.49. The van der Waals surface area contributed by atoms with Crippen LogP contribution in [0.25, 0.3) is 0 Å². The lowest BCUT2D eigenvalue weighted by Crippen LogP contribution is -2.51. The van der Waals surface area contributed by atoms with Crippen LogP contribution in [0.2, 0.25) is 0 Å². The molecule has 0 aromatic carbocycles. The fourth-order valence-electron chi connectivity index (χ4n) is 14.0. The van der Waals surface area contributed by atoms with Crippen molar-refractivity contribution in [1.29, 1.82) is 0 Å². The Morgan fingerprint density at radius 1 is 0.661 bits per heavy atom. The van der Waals surface area contributed by atoms with Gasteiger partial charge in [0.05, 0.1) is 25.4 Å². The van der Waals surface area contributed by atoms with Crippen molar-refractivity contribution in [2.45, 2.75) is 253 Å². The summed E-state index contributed by atoms with van der Waals surface area (Å²) in [7, 11) is 0. The smallest absolute Gasteiger partial charge is 0.0644 e. The molecule has 1 aliphatic heterocycles. The molecule has 4 aliphatic carbocycles. The van der Waals surface area contributed by atoms with Crippen molar-refractivity contribution >= 4 is 0 Å². The standard InChI is InChI=1S/C58H105NO3/c1-7-8-9-10-11-12-13-14-15-16-17-18-19-20-21-26-42-60-46-51(59-40-24-25-41-59)47-61-43-27-22-23-28-44-62-52-36-38-57(5)50(45-52)32-33-53-55-35-34-54(49(4)31-29-30-48(2)3)58(55,6)39-37-56(53)57/h14-15,32,48-49,51-56H,7-13,16-31,33-47H2,1-6H3/b15-14-/t49-,51+,52+,53+,54-,55+,56+,57+,58-/m1/s1. The molecule has 4 heteroatoms. The zero-order chi connectivity index (χ0) is 43.9. The van der Waals surface area contributed by atoms with Crippen molar-refractivity contribution in [3.63, 3.8) is 0 Å². The number of likely N-dealkylation sites (tertiary alicyclic amines) is 1. The van der Waals surface area contributed by atoms with Crippen molar-refractivity contribution in [2.75, 3.05) is 46.1 Å². The van der Waals surface area contributed by atoms with Gasteiger partial charge in [0, 0.05) is 19.8 Å². The molecule has 5 rings (SSSR count). The largest absolute Gasteiger partial charge is 0.380 e. The van der Waals surface area contributed by atoms with Gasteiger partial charge in [-0.05, 0) is 169 Å². The average molecular weight is 864 g/mol. The summed E-state index contributed by atoms with van der Waals surface area (Å²) in [6.07, 6.45) is 49.9. The van der Waals surface area contributed by atoms with Crippen LogP contribution in [-0.4, -0.2) is 63.2 Å². The third-order valence-corrected chi connectivity index (χ3v) is 17.9. The van der Waals surface area contributed by atoms with Crippen molar-refractivity contribution in [1.82, 2.24) is 4.90 Å². The molecule has 0 radical (unpaired) electrons. The van der Waals surface area contributed by atoms with Gasteiger partial charge in [0.1, 0.15) is 0 Å². The highest BCUT2D eigenvalue weighted by Gasteiger charge is 2.59. The first-order valence-corrected chi connectivity index (χ1v) is 28.1. The van der Waals surface area contributed by atoms with E-state index in [1.165, 1.54) is 206 Å². The molecular weight excluding hydrogens is 759 g/mol. The van der Waals surface area contributed by atoms with E-state index in [4.69, 9.17) is 14.2 Å². The number of unbranched alkanes of at least 4 members (excludes halogenated alkanes) is 15. The molecule has 4 fully saturated rings. The lowest BCUT2D eigenvalue weighted by Gasteiger charge is -2.58. The Morgan fingerprint density at radius 3 is 1.92 bits per heavy atom. The second kappa shape index (κ2) is 29.2. The summed E-state index contributed by atoms with van der Waals surface area (Å²) in [6, 6.07) is 0.425. The first-order chi connectivity index (χ1) is 30.3. The highest BCUT2D eigenvalue weighted by molar-refractivity contribution is 5.25. The van der Waals surface area contributed by atoms with Crippen LogP contribution in [0.4, 0.5) is 0 Å². The topological polar surface area (TPSA) is 30.9 Å². The van der Waals surface area contributed by atoms with Crippen LogP contribution in [0, 0.1) is 46.3 Å². The number of allylic oxidation sites excluding steroid dienone is 3. The van der Waals surface area contributed by atoms with Crippen LogP contribution in [0.5, 0.6) is 0 Å². The SMILES string of the molecule is CCCCCCCC/C=C\CCCCCCCCOC[C@@H](COCCCCCCO[C@H]1CC[C@@]2(C)C(=CC[C@H]3[C@@H]4CC[C@H]([C@H](C)CCCC(C)C)[C@@]4(C)CC[C@@H]32)C1)N1CCCC1. The molecule has 0 amide bonds. The minimum atomic E-state index is 0.425. The maximum Gasteiger partial charge on any atom is 0.0644 e. The second-order valence-electron chi connectivity index (χ2n) is 22.9. The van der Waals surface area contributed by atoms with Gasteiger partial charge >= 0.3 is 0 Å². The van der Waals surface area contributed by atoms with Gasteiger partial charge in [0.2, 0.25) is 0 Å². The van der Waals surface area contributed by atoms with Crippen LogP contribution in [0.15, 0.2) is 23.8 Å². The van der Waals surface area contributed by atoms with Crippen LogP contribution in [-0.2, 0) is 14.2 Å². The molecule has 0 unspecified atom stereocenters.